The van der Waals surface area contributed by atoms with Crippen LogP contribution in [-0.2, 0) is 9.67 Å². The van der Waals surface area contributed by atoms with E-state index in [2.05, 4.69) is 4.98 Å². The maximum atomic E-state index is 5.72. The lowest BCUT2D eigenvalue weighted by atomic mass is 10.2. The molecule has 0 aliphatic rings. The third kappa shape index (κ3) is 2.92. The molecule has 0 N–H and O–H groups in total. The molecule has 0 aromatic carbocycles. The zero-order valence-corrected chi connectivity index (χ0v) is 8.89. The standard InChI is InChI=1S/C7H7ClINO/c1-5-2-6(4-11-9)3-7(8)10-5/h2-3H,4H2,1H3. The Hall–Kier alpha value is 0.130. The van der Waals surface area contributed by atoms with Crippen molar-refractivity contribution in [2.45, 2.75) is 13.5 Å². The van der Waals surface area contributed by atoms with Gasteiger partial charge in [0.05, 0.1) is 6.61 Å². The zero-order chi connectivity index (χ0) is 8.27. The lowest BCUT2D eigenvalue weighted by molar-refractivity contribution is 0.418. The minimum atomic E-state index is 0.522. The first-order valence-electron chi connectivity index (χ1n) is 3.09. The van der Waals surface area contributed by atoms with Gasteiger partial charge in [-0.05, 0) is 24.6 Å². The first-order valence-corrected chi connectivity index (χ1v) is 4.35. The van der Waals surface area contributed by atoms with Gasteiger partial charge in [0.15, 0.2) is 0 Å². The van der Waals surface area contributed by atoms with E-state index in [0.717, 1.165) is 11.3 Å². The molecule has 0 amide bonds. The SMILES string of the molecule is Cc1cc(COI)cc(Cl)n1. The maximum Gasteiger partial charge on any atom is 0.129 e. The minimum Gasteiger partial charge on any atom is -0.311 e. The average Bonchev–Trinajstić information content (AvgIpc) is 1.85. The summed E-state index contributed by atoms with van der Waals surface area (Å²) in [5.41, 5.74) is 1.97. The summed E-state index contributed by atoms with van der Waals surface area (Å²) in [6.07, 6.45) is 0. The third-order valence-electron chi connectivity index (χ3n) is 1.20. The Balaban J connectivity index is 2.89. The van der Waals surface area contributed by atoms with Crippen LogP contribution in [0.1, 0.15) is 11.3 Å². The van der Waals surface area contributed by atoms with Gasteiger partial charge in [-0.25, -0.2) is 4.98 Å². The Labute approximate surface area is 84.6 Å². The highest BCUT2D eigenvalue weighted by Crippen LogP contribution is 2.11. The molecule has 0 atom stereocenters. The smallest absolute Gasteiger partial charge is 0.129 e. The molecular weight excluding hydrogens is 276 g/mol. The predicted molar refractivity (Wildman–Crippen MR) is 52.8 cm³/mol. The quantitative estimate of drug-likeness (QED) is 0.615. The molecule has 0 aliphatic heterocycles. The van der Waals surface area contributed by atoms with Gasteiger partial charge in [0.1, 0.15) is 28.2 Å². The fourth-order valence-corrected chi connectivity index (χ4v) is 1.48. The van der Waals surface area contributed by atoms with E-state index in [0.29, 0.717) is 11.8 Å². The van der Waals surface area contributed by atoms with Crippen molar-refractivity contribution in [2.75, 3.05) is 0 Å². The molecule has 1 aromatic rings. The van der Waals surface area contributed by atoms with Crippen molar-refractivity contribution in [3.63, 3.8) is 0 Å². The van der Waals surface area contributed by atoms with Gasteiger partial charge >= 0.3 is 0 Å². The van der Waals surface area contributed by atoms with E-state index in [-0.39, 0.29) is 0 Å². The van der Waals surface area contributed by atoms with E-state index in [9.17, 15) is 0 Å². The molecule has 0 saturated heterocycles. The molecule has 1 aromatic heterocycles. The summed E-state index contributed by atoms with van der Waals surface area (Å²) in [4.78, 5) is 4.02. The first kappa shape index (κ1) is 9.22. The number of aryl methyl sites for hydroxylation is 1. The molecule has 60 valence electrons. The van der Waals surface area contributed by atoms with Gasteiger partial charge in [0.2, 0.25) is 0 Å². The van der Waals surface area contributed by atoms with Crippen LogP contribution in [0.15, 0.2) is 12.1 Å². The van der Waals surface area contributed by atoms with Crippen molar-refractivity contribution in [2.24, 2.45) is 0 Å². The summed E-state index contributed by atoms with van der Waals surface area (Å²) in [5, 5.41) is 0.522. The van der Waals surface area contributed by atoms with Gasteiger partial charge in [0, 0.05) is 5.69 Å². The van der Waals surface area contributed by atoms with Crippen molar-refractivity contribution >= 4 is 34.6 Å². The molecule has 0 saturated carbocycles. The normalized spacial score (nSPS) is 10.1. The lowest BCUT2D eigenvalue weighted by Gasteiger charge is -1.99. The van der Waals surface area contributed by atoms with Crippen LogP contribution in [-0.4, -0.2) is 4.98 Å². The lowest BCUT2D eigenvalue weighted by Crippen LogP contribution is -1.88. The van der Waals surface area contributed by atoms with Crippen molar-refractivity contribution in [3.05, 3.63) is 28.5 Å². The maximum absolute atomic E-state index is 5.72. The molecule has 0 unspecified atom stereocenters. The van der Waals surface area contributed by atoms with Gasteiger partial charge in [-0.1, -0.05) is 11.6 Å². The Morgan fingerprint density at radius 2 is 2.36 bits per heavy atom. The third-order valence-corrected chi connectivity index (χ3v) is 1.71. The summed E-state index contributed by atoms with van der Waals surface area (Å²) in [5.74, 6) is 0. The molecule has 0 bridgehead atoms. The van der Waals surface area contributed by atoms with Gasteiger partial charge in [-0.2, -0.15) is 0 Å². The average molecular weight is 283 g/mol. The molecule has 0 aliphatic carbocycles. The highest BCUT2D eigenvalue weighted by Gasteiger charge is 1.96. The van der Waals surface area contributed by atoms with Crippen LogP contribution in [0.2, 0.25) is 5.15 Å². The summed E-state index contributed by atoms with van der Waals surface area (Å²) in [6.45, 7) is 2.48. The monoisotopic (exact) mass is 283 g/mol. The second-order valence-electron chi connectivity index (χ2n) is 2.19. The molecule has 4 heteroatoms. The van der Waals surface area contributed by atoms with Crippen LogP contribution < -0.4 is 0 Å². The number of aromatic nitrogens is 1. The van der Waals surface area contributed by atoms with Crippen LogP contribution in [0.3, 0.4) is 0 Å². The van der Waals surface area contributed by atoms with E-state index in [4.69, 9.17) is 14.7 Å². The largest absolute Gasteiger partial charge is 0.311 e. The molecule has 1 heterocycles. The number of nitrogens with zero attached hydrogens (tertiary/aromatic N) is 1. The molecule has 1 rings (SSSR count). The van der Waals surface area contributed by atoms with Crippen LogP contribution in [0.5, 0.6) is 0 Å². The Kier molecular flexibility index (Phi) is 3.54. The zero-order valence-electron chi connectivity index (χ0n) is 5.97. The molecular formula is C7H7ClINO. The fourth-order valence-electron chi connectivity index (χ4n) is 0.842. The topological polar surface area (TPSA) is 22.1 Å². The Morgan fingerprint density at radius 3 is 2.91 bits per heavy atom. The first-order chi connectivity index (χ1) is 5.22. The molecule has 0 fully saturated rings. The van der Waals surface area contributed by atoms with Crippen LogP contribution in [0.25, 0.3) is 0 Å². The van der Waals surface area contributed by atoms with Gasteiger partial charge in [0.25, 0.3) is 0 Å². The van der Waals surface area contributed by atoms with Crippen molar-refractivity contribution in [3.8, 4) is 0 Å². The summed E-state index contributed by atoms with van der Waals surface area (Å²) in [6, 6.07) is 3.75. The number of hydrogen-bond donors (Lipinski definition) is 0. The highest BCUT2D eigenvalue weighted by atomic mass is 127. The summed E-state index contributed by atoms with van der Waals surface area (Å²) in [7, 11) is 0. The second kappa shape index (κ2) is 4.23. The Bertz CT molecular complexity index is 234. The molecule has 0 radical (unpaired) electrons. The molecule has 2 nitrogen and oxygen atoms in total. The number of hydrogen-bond acceptors (Lipinski definition) is 2. The van der Waals surface area contributed by atoms with Crippen LogP contribution in [0.4, 0.5) is 0 Å². The second-order valence-corrected chi connectivity index (χ2v) is 3.20. The van der Waals surface area contributed by atoms with E-state index >= 15 is 0 Å². The highest BCUT2D eigenvalue weighted by molar-refractivity contribution is 14.1. The van der Waals surface area contributed by atoms with Crippen molar-refractivity contribution in [1.29, 1.82) is 0 Å². The van der Waals surface area contributed by atoms with Crippen LogP contribution in [0, 0.1) is 6.92 Å². The molecule has 0 spiro atoms. The van der Waals surface area contributed by atoms with E-state index in [1.165, 1.54) is 0 Å². The fraction of sp³-hybridized carbons (Fsp3) is 0.286. The number of halogens is 2. The summed E-state index contributed by atoms with van der Waals surface area (Å²) >= 11 is 7.57. The van der Waals surface area contributed by atoms with Crippen molar-refractivity contribution in [1.82, 2.24) is 4.98 Å². The van der Waals surface area contributed by atoms with Gasteiger partial charge < -0.3 is 3.07 Å². The van der Waals surface area contributed by atoms with E-state index < -0.39 is 0 Å². The minimum absolute atomic E-state index is 0.522. The van der Waals surface area contributed by atoms with E-state index in [1.807, 2.05) is 36.0 Å². The summed E-state index contributed by atoms with van der Waals surface area (Å²) < 4.78 is 4.92. The van der Waals surface area contributed by atoms with E-state index in [1.54, 1.807) is 6.07 Å². The van der Waals surface area contributed by atoms with Gasteiger partial charge in [-0.15, -0.1) is 0 Å². The van der Waals surface area contributed by atoms with Gasteiger partial charge in [-0.3, -0.25) is 0 Å². The number of rotatable bonds is 2. The molecule has 11 heavy (non-hydrogen) atoms. The van der Waals surface area contributed by atoms with Crippen molar-refractivity contribution < 1.29 is 3.07 Å². The number of pyridine rings is 1. The van der Waals surface area contributed by atoms with Crippen LogP contribution >= 0.6 is 34.6 Å². The Morgan fingerprint density at radius 1 is 1.64 bits per heavy atom. The predicted octanol–water partition coefficient (Wildman–Crippen LogP) is 2.91.